The number of hydrogen-bond acceptors (Lipinski definition) is 1. The van der Waals surface area contributed by atoms with E-state index in [4.69, 9.17) is 0 Å². The Morgan fingerprint density at radius 3 is 2.69 bits per heavy atom. The number of rotatable bonds is 5. The van der Waals surface area contributed by atoms with Crippen LogP contribution < -0.4 is 0 Å². The predicted molar refractivity (Wildman–Crippen MR) is 54.2 cm³/mol. The molecule has 67 valence electrons. The molecule has 1 radical (unpaired) electrons. The van der Waals surface area contributed by atoms with Crippen molar-refractivity contribution < 1.29 is 4.79 Å². The zero-order chi connectivity index (χ0) is 9.36. The van der Waals surface area contributed by atoms with Gasteiger partial charge in [0.15, 0.2) is 0 Å². The molecule has 0 aliphatic carbocycles. The molecule has 13 heavy (non-hydrogen) atoms. The third-order valence-electron chi connectivity index (χ3n) is 1.86. The fourth-order valence-electron chi connectivity index (χ4n) is 1.20. The van der Waals surface area contributed by atoms with Crippen molar-refractivity contribution in [2.45, 2.75) is 19.3 Å². The maximum absolute atomic E-state index is 9.83. The van der Waals surface area contributed by atoms with Gasteiger partial charge in [-0.3, -0.25) is 4.79 Å². The standard InChI is InChI=1S/C12H13O/c13-11-7-2-1-4-8-12-9-5-3-6-10-12/h2-3,5-7,9-10H,1,4,8H2. The maximum Gasteiger partial charge on any atom is 0.225 e. The summed E-state index contributed by atoms with van der Waals surface area (Å²) in [5.74, 6) is 0. The van der Waals surface area contributed by atoms with E-state index in [0.717, 1.165) is 19.3 Å². The van der Waals surface area contributed by atoms with Gasteiger partial charge >= 0.3 is 0 Å². The highest BCUT2D eigenvalue weighted by Gasteiger charge is 1.89. The fraction of sp³-hybridized carbons (Fsp3) is 0.250. The second-order valence-corrected chi connectivity index (χ2v) is 2.90. The molecule has 0 fully saturated rings. The molecule has 0 amide bonds. The van der Waals surface area contributed by atoms with Crippen LogP contribution in [0.3, 0.4) is 0 Å². The molecule has 1 rings (SSSR count). The Morgan fingerprint density at radius 1 is 1.23 bits per heavy atom. The van der Waals surface area contributed by atoms with Crippen molar-refractivity contribution in [1.29, 1.82) is 0 Å². The van der Waals surface area contributed by atoms with E-state index >= 15 is 0 Å². The smallest absolute Gasteiger partial charge is 0.225 e. The molecule has 0 bridgehead atoms. The SMILES string of the molecule is O=[C]C=CCCCc1ccccc1. The Hall–Kier alpha value is -1.37. The van der Waals surface area contributed by atoms with E-state index in [9.17, 15) is 4.79 Å². The Bertz CT molecular complexity index is 262. The third kappa shape index (κ3) is 4.26. The van der Waals surface area contributed by atoms with E-state index in [-0.39, 0.29) is 0 Å². The normalized spacial score (nSPS) is 10.5. The Labute approximate surface area is 79.1 Å². The molecule has 0 heterocycles. The zero-order valence-electron chi connectivity index (χ0n) is 7.57. The lowest BCUT2D eigenvalue weighted by atomic mass is 10.1. The van der Waals surface area contributed by atoms with Crippen molar-refractivity contribution in [3.05, 3.63) is 48.0 Å². The molecular formula is C12H13O. The van der Waals surface area contributed by atoms with Crippen molar-refractivity contribution in [2.75, 3.05) is 0 Å². The van der Waals surface area contributed by atoms with Gasteiger partial charge in [0.25, 0.3) is 0 Å². The highest BCUT2D eigenvalue weighted by atomic mass is 16.1. The van der Waals surface area contributed by atoms with E-state index in [1.54, 1.807) is 6.29 Å². The molecule has 0 aliphatic heterocycles. The van der Waals surface area contributed by atoms with Crippen LogP contribution in [0.25, 0.3) is 0 Å². The van der Waals surface area contributed by atoms with Crippen LogP contribution in [0.1, 0.15) is 18.4 Å². The highest BCUT2D eigenvalue weighted by molar-refractivity contribution is 5.65. The van der Waals surface area contributed by atoms with Crippen LogP contribution in [0.2, 0.25) is 0 Å². The van der Waals surface area contributed by atoms with Gasteiger partial charge in [0.1, 0.15) is 0 Å². The number of benzene rings is 1. The van der Waals surface area contributed by atoms with E-state index in [0.29, 0.717) is 0 Å². The van der Waals surface area contributed by atoms with Gasteiger partial charge in [-0.25, -0.2) is 0 Å². The van der Waals surface area contributed by atoms with Crippen LogP contribution in [-0.2, 0) is 11.2 Å². The molecule has 0 aromatic heterocycles. The van der Waals surface area contributed by atoms with Crippen molar-refractivity contribution in [2.24, 2.45) is 0 Å². The lowest BCUT2D eigenvalue weighted by Crippen LogP contribution is -1.82. The van der Waals surface area contributed by atoms with E-state index in [1.165, 1.54) is 11.6 Å². The molecule has 0 saturated carbocycles. The zero-order valence-corrected chi connectivity index (χ0v) is 7.57. The second-order valence-electron chi connectivity index (χ2n) is 2.90. The molecule has 1 aromatic carbocycles. The molecule has 0 N–H and O–H groups in total. The van der Waals surface area contributed by atoms with Gasteiger partial charge in [-0.05, 0) is 30.9 Å². The minimum absolute atomic E-state index is 0.949. The van der Waals surface area contributed by atoms with Crippen molar-refractivity contribution in [1.82, 2.24) is 0 Å². The second kappa shape index (κ2) is 6.18. The topological polar surface area (TPSA) is 17.1 Å². The minimum atomic E-state index is 0.949. The molecule has 0 aliphatic rings. The van der Waals surface area contributed by atoms with E-state index in [2.05, 4.69) is 12.1 Å². The number of carbonyl (C=O) groups excluding carboxylic acids is 1. The van der Waals surface area contributed by atoms with Crippen molar-refractivity contribution in [3.8, 4) is 0 Å². The maximum atomic E-state index is 9.83. The average Bonchev–Trinajstić information content (AvgIpc) is 2.19. The van der Waals surface area contributed by atoms with Crippen LogP contribution >= 0.6 is 0 Å². The summed E-state index contributed by atoms with van der Waals surface area (Å²) in [4.78, 5) is 9.83. The first-order valence-corrected chi connectivity index (χ1v) is 4.50. The molecule has 0 atom stereocenters. The Balaban J connectivity index is 2.20. The first-order valence-electron chi connectivity index (χ1n) is 4.50. The van der Waals surface area contributed by atoms with Crippen molar-refractivity contribution >= 4 is 6.29 Å². The lowest BCUT2D eigenvalue weighted by Gasteiger charge is -1.97. The number of aryl methyl sites for hydroxylation is 1. The number of hydrogen-bond donors (Lipinski definition) is 0. The molecule has 1 aromatic rings. The summed E-state index contributed by atoms with van der Waals surface area (Å²) in [6, 6.07) is 10.4. The quantitative estimate of drug-likeness (QED) is 0.494. The van der Waals surface area contributed by atoms with E-state index < -0.39 is 0 Å². The molecule has 1 heteroatoms. The van der Waals surface area contributed by atoms with Crippen LogP contribution in [0.15, 0.2) is 42.5 Å². The van der Waals surface area contributed by atoms with Gasteiger partial charge in [0.05, 0.1) is 0 Å². The van der Waals surface area contributed by atoms with Gasteiger partial charge in [-0.1, -0.05) is 36.4 Å². The summed E-state index contributed by atoms with van der Waals surface area (Å²) in [5, 5.41) is 0. The summed E-state index contributed by atoms with van der Waals surface area (Å²) in [6.07, 6.45) is 8.14. The van der Waals surface area contributed by atoms with Gasteiger partial charge in [0.2, 0.25) is 6.29 Å². The van der Waals surface area contributed by atoms with Crippen LogP contribution in [0.4, 0.5) is 0 Å². The summed E-state index contributed by atoms with van der Waals surface area (Å²) in [5.41, 5.74) is 1.35. The monoisotopic (exact) mass is 173 g/mol. The molecule has 0 spiro atoms. The van der Waals surface area contributed by atoms with Crippen molar-refractivity contribution in [3.63, 3.8) is 0 Å². The molecular weight excluding hydrogens is 160 g/mol. The summed E-state index contributed by atoms with van der Waals surface area (Å²) in [7, 11) is 0. The fourth-order valence-corrected chi connectivity index (χ4v) is 1.20. The molecule has 0 saturated heterocycles. The highest BCUT2D eigenvalue weighted by Crippen LogP contribution is 2.04. The third-order valence-corrected chi connectivity index (χ3v) is 1.86. The van der Waals surface area contributed by atoms with Crippen LogP contribution in [0.5, 0.6) is 0 Å². The first-order chi connectivity index (χ1) is 6.43. The van der Waals surface area contributed by atoms with Gasteiger partial charge in [-0.2, -0.15) is 0 Å². The largest absolute Gasteiger partial charge is 0.286 e. The average molecular weight is 173 g/mol. The molecule has 1 nitrogen and oxygen atoms in total. The Morgan fingerprint density at radius 2 is 2.00 bits per heavy atom. The lowest BCUT2D eigenvalue weighted by molar-refractivity contribution is 0.564. The first kappa shape index (κ1) is 9.72. The number of allylic oxidation sites excluding steroid dienone is 2. The van der Waals surface area contributed by atoms with Gasteiger partial charge in [-0.15, -0.1) is 0 Å². The minimum Gasteiger partial charge on any atom is -0.286 e. The van der Waals surface area contributed by atoms with Gasteiger partial charge < -0.3 is 0 Å². The summed E-state index contributed by atoms with van der Waals surface area (Å²) in [6.45, 7) is 0. The summed E-state index contributed by atoms with van der Waals surface area (Å²) < 4.78 is 0. The van der Waals surface area contributed by atoms with Gasteiger partial charge in [0, 0.05) is 0 Å². The number of unbranched alkanes of at least 4 members (excludes halogenated alkanes) is 1. The molecule has 0 unspecified atom stereocenters. The van der Waals surface area contributed by atoms with Crippen LogP contribution in [-0.4, -0.2) is 6.29 Å². The predicted octanol–water partition coefficient (Wildman–Crippen LogP) is 2.68. The summed E-state index contributed by atoms with van der Waals surface area (Å²) >= 11 is 0. The van der Waals surface area contributed by atoms with Crippen LogP contribution in [0, 0.1) is 0 Å². The Kier molecular flexibility index (Phi) is 4.62. The van der Waals surface area contributed by atoms with E-state index in [1.807, 2.05) is 24.3 Å².